The van der Waals surface area contributed by atoms with Gasteiger partial charge in [-0.1, -0.05) is 29.8 Å². The molecule has 2 saturated heterocycles. The molecule has 4 rings (SSSR count). The van der Waals surface area contributed by atoms with E-state index in [1.807, 2.05) is 19.2 Å². The fourth-order valence-electron chi connectivity index (χ4n) is 4.30. The summed E-state index contributed by atoms with van der Waals surface area (Å²) >= 11 is 0. The third kappa shape index (κ3) is 3.16. The number of rotatable bonds is 3. The van der Waals surface area contributed by atoms with Crippen LogP contribution in [0.5, 0.6) is 0 Å². The van der Waals surface area contributed by atoms with Crippen molar-refractivity contribution in [2.24, 2.45) is 5.92 Å². The Morgan fingerprint density at radius 2 is 2.00 bits per heavy atom. The molecule has 4 heteroatoms. The molecule has 0 N–H and O–H groups in total. The Balaban J connectivity index is 1.49. The Labute approximate surface area is 144 Å². The van der Waals surface area contributed by atoms with Crippen molar-refractivity contribution in [3.8, 4) is 0 Å². The van der Waals surface area contributed by atoms with Gasteiger partial charge in [0.1, 0.15) is 11.6 Å². The maximum atomic E-state index is 4.63. The molecule has 4 nitrogen and oxygen atoms in total. The van der Waals surface area contributed by atoms with Gasteiger partial charge >= 0.3 is 0 Å². The molecule has 2 unspecified atom stereocenters. The Hall–Kier alpha value is -1.94. The average Bonchev–Trinajstić information content (AvgIpc) is 2.97. The van der Waals surface area contributed by atoms with Crippen LogP contribution in [0.15, 0.2) is 36.5 Å². The van der Waals surface area contributed by atoms with Gasteiger partial charge in [-0.15, -0.1) is 0 Å². The number of hydrogen-bond acceptors (Lipinski definition) is 4. The molecular formula is C20H26N4. The van der Waals surface area contributed by atoms with Crippen LogP contribution in [-0.2, 0) is 6.54 Å². The zero-order chi connectivity index (χ0) is 16.5. The van der Waals surface area contributed by atoms with Gasteiger partial charge in [-0.3, -0.25) is 4.90 Å². The van der Waals surface area contributed by atoms with Crippen molar-refractivity contribution in [1.29, 1.82) is 0 Å². The summed E-state index contributed by atoms with van der Waals surface area (Å²) in [5.74, 6) is 2.79. The molecule has 0 saturated carbocycles. The van der Waals surface area contributed by atoms with Crippen molar-refractivity contribution >= 4 is 5.82 Å². The number of benzene rings is 1. The molecule has 2 aromatic rings. The van der Waals surface area contributed by atoms with E-state index in [0.29, 0.717) is 6.04 Å². The van der Waals surface area contributed by atoms with E-state index < -0.39 is 0 Å². The van der Waals surface area contributed by atoms with Gasteiger partial charge < -0.3 is 4.90 Å². The van der Waals surface area contributed by atoms with Crippen molar-refractivity contribution in [3.63, 3.8) is 0 Å². The monoisotopic (exact) mass is 322 g/mol. The first-order valence-corrected chi connectivity index (χ1v) is 9.03. The molecule has 2 atom stereocenters. The Morgan fingerprint density at radius 3 is 2.83 bits per heavy atom. The zero-order valence-corrected chi connectivity index (χ0v) is 14.7. The Kier molecular flexibility index (Phi) is 4.23. The van der Waals surface area contributed by atoms with Crippen LogP contribution in [-0.4, -0.2) is 40.5 Å². The van der Waals surface area contributed by atoms with Crippen molar-refractivity contribution in [2.75, 3.05) is 24.5 Å². The van der Waals surface area contributed by atoms with E-state index in [-0.39, 0.29) is 0 Å². The van der Waals surface area contributed by atoms with Gasteiger partial charge in [0.15, 0.2) is 0 Å². The third-order valence-corrected chi connectivity index (χ3v) is 5.53. The lowest BCUT2D eigenvalue weighted by atomic mass is 9.92. The number of piperidine rings is 1. The highest BCUT2D eigenvalue weighted by atomic mass is 15.3. The standard InChI is InChI=1S/C20H26N4/c1-15-4-3-5-17(12-15)13-23-10-7-18-8-11-24(14-19(18)23)20-6-9-21-16(2)22-20/h3-6,9,12,18-19H,7-8,10-11,13-14H2,1-2H3. The van der Waals surface area contributed by atoms with Crippen molar-refractivity contribution < 1.29 is 0 Å². The van der Waals surface area contributed by atoms with Crippen molar-refractivity contribution in [2.45, 2.75) is 39.3 Å². The molecule has 3 heterocycles. The minimum Gasteiger partial charge on any atom is -0.355 e. The first-order valence-electron chi connectivity index (χ1n) is 9.03. The first kappa shape index (κ1) is 15.6. The summed E-state index contributed by atoms with van der Waals surface area (Å²) in [6.45, 7) is 8.65. The topological polar surface area (TPSA) is 32.3 Å². The summed E-state index contributed by atoms with van der Waals surface area (Å²) in [6.07, 6.45) is 4.49. The van der Waals surface area contributed by atoms with Crippen LogP contribution in [0, 0.1) is 19.8 Å². The molecule has 2 aliphatic rings. The summed E-state index contributed by atoms with van der Waals surface area (Å²) in [4.78, 5) is 14.0. The number of likely N-dealkylation sites (tertiary alicyclic amines) is 1. The van der Waals surface area contributed by atoms with E-state index in [1.165, 1.54) is 30.5 Å². The van der Waals surface area contributed by atoms with Crippen LogP contribution in [0.2, 0.25) is 0 Å². The van der Waals surface area contributed by atoms with Crippen LogP contribution in [0.25, 0.3) is 0 Å². The highest BCUT2D eigenvalue weighted by molar-refractivity contribution is 5.38. The second-order valence-corrected chi connectivity index (χ2v) is 7.27. The molecule has 0 aliphatic carbocycles. The van der Waals surface area contributed by atoms with Gasteiger partial charge in [-0.25, -0.2) is 9.97 Å². The molecule has 24 heavy (non-hydrogen) atoms. The lowest BCUT2D eigenvalue weighted by molar-refractivity contribution is 0.200. The summed E-state index contributed by atoms with van der Waals surface area (Å²) in [5.41, 5.74) is 2.79. The molecule has 0 radical (unpaired) electrons. The average molecular weight is 322 g/mol. The van der Waals surface area contributed by atoms with E-state index in [9.17, 15) is 0 Å². The molecule has 0 spiro atoms. The summed E-state index contributed by atoms with van der Waals surface area (Å²) < 4.78 is 0. The van der Waals surface area contributed by atoms with Gasteiger partial charge in [-0.2, -0.15) is 0 Å². The maximum absolute atomic E-state index is 4.63. The van der Waals surface area contributed by atoms with Crippen LogP contribution in [0.4, 0.5) is 5.82 Å². The van der Waals surface area contributed by atoms with E-state index in [4.69, 9.17) is 0 Å². The van der Waals surface area contributed by atoms with E-state index in [1.54, 1.807) is 0 Å². The Bertz CT molecular complexity index is 714. The highest BCUT2D eigenvalue weighted by Crippen LogP contribution is 2.34. The summed E-state index contributed by atoms with van der Waals surface area (Å²) in [7, 11) is 0. The van der Waals surface area contributed by atoms with Crippen LogP contribution >= 0.6 is 0 Å². The molecule has 2 aliphatic heterocycles. The lowest BCUT2D eigenvalue weighted by Gasteiger charge is -2.39. The molecule has 126 valence electrons. The zero-order valence-electron chi connectivity index (χ0n) is 14.7. The SMILES string of the molecule is Cc1cccc(CN2CCC3CCN(c4ccnc(C)n4)CC32)c1. The number of nitrogens with zero attached hydrogens (tertiary/aromatic N) is 4. The fourth-order valence-corrected chi connectivity index (χ4v) is 4.30. The predicted octanol–water partition coefficient (Wildman–Crippen LogP) is 3.19. The first-order chi connectivity index (χ1) is 11.7. The van der Waals surface area contributed by atoms with Crippen LogP contribution < -0.4 is 4.90 Å². The second kappa shape index (κ2) is 6.52. The predicted molar refractivity (Wildman–Crippen MR) is 97.1 cm³/mol. The number of hydrogen-bond donors (Lipinski definition) is 0. The quantitative estimate of drug-likeness (QED) is 0.869. The molecule has 0 bridgehead atoms. The lowest BCUT2D eigenvalue weighted by Crippen LogP contribution is -2.48. The fraction of sp³-hybridized carbons (Fsp3) is 0.500. The number of anilines is 1. The van der Waals surface area contributed by atoms with E-state index in [0.717, 1.165) is 37.2 Å². The van der Waals surface area contributed by atoms with Crippen molar-refractivity contribution in [1.82, 2.24) is 14.9 Å². The van der Waals surface area contributed by atoms with Gasteiger partial charge in [0.2, 0.25) is 0 Å². The molecule has 1 aromatic heterocycles. The van der Waals surface area contributed by atoms with Gasteiger partial charge in [0.05, 0.1) is 0 Å². The van der Waals surface area contributed by atoms with Gasteiger partial charge in [0.25, 0.3) is 0 Å². The molecule has 1 aromatic carbocycles. The molecule has 2 fully saturated rings. The summed E-state index contributed by atoms with van der Waals surface area (Å²) in [6, 6.07) is 11.6. The minimum absolute atomic E-state index is 0.648. The number of aromatic nitrogens is 2. The Morgan fingerprint density at radius 1 is 1.12 bits per heavy atom. The van der Waals surface area contributed by atoms with Crippen molar-refractivity contribution in [3.05, 3.63) is 53.5 Å². The molecule has 0 amide bonds. The van der Waals surface area contributed by atoms with Crippen LogP contribution in [0.3, 0.4) is 0 Å². The third-order valence-electron chi connectivity index (χ3n) is 5.53. The summed E-state index contributed by atoms with van der Waals surface area (Å²) in [5, 5.41) is 0. The highest BCUT2D eigenvalue weighted by Gasteiger charge is 2.38. The van der Waals surface area contributed by atoms with Gasteiger partial charge in [-0.05, 0) is 50.8 Å². The normalized spacial score (nSPS) is 24.2. The second-order valence-electron chi connectivity index (χ2n) is 7.27. The minimum atomic E-state index is 0.648. The molecular weight excluding hydrogens is 296 g/mol. The smallest absolute Gasteiger partial charge is 0.132 e. The number of aryl methyl sites for hydroxylation is 2. The van der Waals surface area contributed by atoms with Crippen LogP contribution in [0.1, 0.15) is 29.8 Å². The van der Waals surface area contributed by atoms with Gasteiger partial charge in [0, 0.05) is 31.9 Å². The number of fused-ring (bicyclic) bond motifs is 1. The largest absolute Gasteiger partial charge is 0.355 e. The van der Waals surface area contributed by atoms with E-state index >= 15 is 0 Å². The van der Waals surface area contributed by atoms with E-state index in [2.05, 4.69) is 51.0 Å². The maximum Gasteiger partial charge on any atom is 0.132 e.